The van der Waals surface area contributed by atoms with Gasteiger partial charge in [-0.15, -0.1) is 0 Å². The molecular formula is C22H20N2O. The predicted molar refractivity (Wildman–Crippen MR) is 104 cm³/mol. The van der Waals surface area contributed by atoms with Gasteiger partial charge in [-0.05, 0) is 42.0 Å². The average molecular weight is 328 g/mol. The van der Waals surface area contributed by atoms with Gasteiger partial charge in [-0.3, -0.25) is 14.3 Å². The van der Waals surface area contributed by atoms with Gasteiger partial charge in [-0.1, -0.05) is 50.2 Å². The van der Waals surface area contributed by atoms with E-state index >= 15 is 0 Å². The third-order valence-corrected chi connectivity index (χ3v) is 4.84. The van der Waals surface area contributed by atoms with Crippen molar-refractivity contribution < 1.29 is 0 Å². The maximum absolute atomic E-state index is 13.4. The number of fused-ring (bicyclic) bond motifs is 2. The molecule has 4 rings (SSSR count). The van der Waals surface area contributed by atoms with Crippen LogP contribution < -0.4 is 5.56 Å². The van der Waals surface area contributed by atoms with Crippen LogP contribution in [0.1, 0.15) is 25.1 Å². The molecule has 4 aromatic rings. The van der Waals surface area contributed by atoms with Gasteiger partial charge < -0.3 is 0 Å². The molecule has 0 saturated heterocycles. The van der Waals surface area contributed by atoms with Crippen LogP contribution in [0.2, 0.25) is 0 Å². The maximum atomic E-state index is 13.4. The Labute approximate surface area is 146 Å². The first-order valence-electron chi connectivity index (χ1n) is 8.75. The topological polar surface area (TPSA) is 34.9 Å². The minimum atomic E-state index is 0.0304. The fourth-order valence-corrected chi connectivity index (χ4v) is 3.76. The maximum Gasteiger partial charge on any atom is 0.263 e. The molecule has 2 aromatic carbocycles. The summed E-state index contributed by atoms with van der Waals surface area (Å²) in [6.45, 7) is 4.26. The van der Waals surface area contributed by atoms with Crippen molar-refractivity contribution in [1.82, 2.24) is 9.55 Å². The molecule has 0 bridgehead atoms. The van der Waals surface area contributed by atoms with E-state index in [1.54, 1.807) is 6.20 Å². The molecule has 2 heterocycles. The van der Waals surface area contributed by atoms with Crippen LogP contribution in [0.5, 0.6) is 0 Å². The molecule has 124 valence electrons. The number of aryl methyl sites for hydroxylation is 1. The Balaban J connectivity index is 2.21. The molecular weight excluding hydrogens is 308 g/mol. The van der Waals surface area contributed by atoms with Crippen molar-refractivity contribution in [2.75, 3.05) is 0 Å². The molecule has 3 heteroatoms. The Hall–Kier alpha value is -2.94. The fourth-order valence-electron chi connectivity index (χ4n) is 3.76. The Morgan fingerprint density at radius 1 is 0.880 bits per heavy atom. The SMILES string of the molecule is CCc1c(CC)n(-c2cccc3cccnc23)c(=O)c2ccccc12. The van der Waals surface area contributed by atoms with E-state index in [9.17, 15) is 4.79 Å². The number of nitrogens with zero attached hydrogens (tertiary/aromatic N) is 2. The number of rotatable bonds is 3. The Morgan fingerprint density at radius 3 is 2.40 bits per heavy atom. The first-order chi connectivity index (χ1) is 12.3. The molecule has 0 N–H and O–H groups in total. The smallest absolute Gasteiger partial charge is 0.263 e. The van der Waals surface area contributed by atoms with Crippen molar-refractivity contribution in [2.24, 2.45) is 0 Å². The Morgan fingerprint density at radius 2 is 1.64 bits per heavy atom. The standard InChI is InChI=1S/C22H20N2O/c1-3-16-17-11-5-6-12-18(17)22(25)24(19(16)4-2)20-13-7-9-15-10-8-14-23-21(15)20/h5-14H,3-4H2,1-2H3. The molecule has 0 atom stereocenters. The zero-order chi connectivity index (χ0) is 17.4. The van der Waals surface area contributed by atoms with Gasteiger partial charge in [0.2, 0.25) is 0 Å². The first-order valence-corrected chi connectivity index (χ1v) is 8.75. The number of hydrogen-bond donors (Lipinski definition) is 0. The summed E-state index contributed by atoms with van der Waals surface area (Å²) in [5.41, 5.74) is 4.07. The van der Waals surface area contributed by atoms with Crippen LogP contribution in [0.4, 0.5) is 0 Å². The number of aromatic nitrogens is 2. The lowest BCUT2D eigenvalue weighted by Gasteiger charge is -2.19. The molecule has 3 nitrogen and oxygen atoms in total. The quantitative estimate of drug-likeness (QED) is 0.548. The van der Waals surface area contributed by atoms with Gasteiger partial charge in [-0.2, -0.15) is 0 Å². The van der Waals surface area contributed by atoms with Crippen molar-refractivity contribution in [1.29, 1.82) is 0 Å². The summed E-state index contributed by atoms with van der Waals surface area (Å²) in [6.07, 6.45) is 3.47. The van der Waals surface area contributed by atoms with Crippen molar-refractivity contribution in [3.05, 3.63) is 82.4 Å². The number of pyridine rings is 2. The molecule has 0 fully saturated rings. The second kappa shape index (κ2) is 6.17. The van der Waals surface area contributed by atoms with Gasteiger partial charge in [0, 0.05) is 22.7 Å². The van der Waals surface area contributed by atoms with E-state index in [1.807, 2.05) is 53.1 Å². The van der Waals surface area contributed by atoms with Gasteiger partial charge in [0.15, 0.2) is 0 Å². The van der Waals surface area contributed by atoms with E-state index in [1.165, 1.54) is 5.56 Å². The number of benzene rings is 2. The largest absolute Gasteiger partial charge is 0.278 e. The summed E-state index contributed by atoms with van der Waals surface area (Å²) in [5.74, 6) is 0. The summed E-state index contributed by atoms with van der Waals surface area (Å²) in [4.78, 5) is 17.9. The van der Waals surface area contributed by atoms with Crippen molar-refractivity contribution in [3.8, 4) is 5.69 Å². The highest BCUT2D eigenvalue weighted by Gasteiger charge is 2.17. The van der Waals surface area contributed by atoms with Gasteiger partial charge in [0.1, 0.15) is 0 Å². The van der Waals surface area contributed by atoms with E-state index < -0.39 is 0 Å². The van der Waals surface area contributed by atoms with Gasteiger partial charge in [0.05, 0.1) is 11.2 Å². The Bertz CT molecular complexity index is 1140. The van der Waals surface area contributed by atoms with Crippen LogP contribution in [-0.4, -0.2) is 9.55 Å². The van der Waals surface area contributed by atoms with E-state index in [2.05, 4.69) is 24.9 Å². The second-order valence-corrected chi connectivity index (χ2v) is 6.17. The minimum Gasteiger partial charge on any atom is -0.278 e. The highest BCUT2D eigenvalue weighted by Crippen LogP contribution is 2.26. The average Bonchev–Trinajstić information content (AvgIpc) is 2.67. The normalized spacial score (nSPS) is 11.3. The van der Waals surface area contributed by atoms with Crippen molar-refractivity contribution in [3.63, 3.8) is 0 Å². The molecule has 0 unspecified atom stereocenters. The van der Waals surface area contributed by atoms with E-state index in [0.717, 1.165) is 45.9 Å². The van der Waals surface area contributed by atoms with Crippen LogP contribution in [-0.2, 0) is 12.8 Å². The molecule has 0 aliphatic heterocycles. The minimum absolute atomic E-state index is 0.0304. The van der Waals surface area contributed by atoms with Crippen molar-refractivity contribution >= 4 is 21.7 Å². The molecule has 0 radical (unpaired) electrons. The number of hydrogen-bond acceptors (Lipinski definition) is 2. The molecule has 0 aliphatic rings. The predicted octanol–water partition coefficient (Wildman–Crippen LogP) is 4.66. The summed E-state index contributed by atoms with van der Waals surface area (Å²) in [5, 5.41) is 2.88. The second-order valence-electron chi connectivity index (χ2n) is 6.17. The van der Waals surface area contributed by atoms with E-state index in [0.29, 0.717) is 0 Å². The monoisotopic (exact) mass is 328 g/mol. The van der Waals surface area contributed by atoms with Gasteiger partial charge >= 0.3 is 0 Å². The number of para-hydroxylation sites is 1. The van der Waals surface area contributed by atoms with Gasteiger partial charge in [0.25, 0.3) is 5.56 Å². The van der Waals surface area contributed by atoms with E-state index in [-0.39, 0.29) is 5.56 Å². The lowest BCUT2D eigenvalue weighted by Crippen LogP contribution is -2.24. The third-order valence-electron chi connectivity index (χ3n) is 4.84. The fraction of sp³-hybridized carbons (Fsp3) is 0.182. The molecule has 25 heavy (non-hydrogen) atoms. The summed E-state index contributed by atoms with van der Waals surface area (Å²) < 4.78 is 1.87. The molecule has 2 aromatic heterocycles. The van der Waals surface area contributed by atoms with Gasteiger partial charge in [-0.25, -0.2) is 0 Å². The molecule has 0 aliphatic carbocycles. The zero-order valence-electron chi connectivity index (χ0n) is 14.5. The summed E-state index contributed by atoms with van der Waals surface area (Å²) in [6, 6.07) is 17.9. The highest BCUT2D eigenvalue weighted by molar-refractivity contribution is 5.89. The third kappa shape index (κ3) is 2.35. The van der Waals surface area contributed by atoms with Crippen LogP contribution in [0, 0.1) is 0 Å². The zero-order valence-corrected chi connectivity index (χ0v) is 14.5. The van der Waals surface area contributed by atoms with Crippen LogP contribution >= 0.6 is 0 Å². The molecule has 0 spiro atoms. The lowest BCUT2D eigenvalue weighted by atomic mass is 9.99. The first kappa shape index (κ1) is 15.6. The molecule has 0 saturated carbocycles. The Kier molecular flexibility index (Phi) is 3.85. The highest BCUT2D eigenvalue weighted by atomic mass is 16.1. The van der Waals surface area contributed by atoms with Crippen molar-refractivity contribution in [2.45, 2.75) is 26.7 Å². The van der Waals surface area contributed by atoms with Crippen LogP contribution in [0.3, 0.4) is 0 Å². The van der Waals surface area contributed by atoms with Crippen LogP contribution in [0.25, 0.3) is 27.4 Å². The van der Waals surface area contributed by atoms with Crippen LogP contribution in [0.15, 0.2) is 65.6 Å². The van der Waals surface area contributed by atoms with E-state index in [4.69, 9.17) is 0 Å². The molecule has 0 amide bonds. The summed E-state index contributed by atoms with van der Waals surface area (Å²) >= 11 is 0. The summed E-state index contributed by atoms with van der Waals surface area (Å²) in [7, 11) is 0. The lowest BCUT2D eigenvalue weighted by molar-refractivity contribution is 0.861.